The molecule has 0 fully saturated rings. The van der Waals surface area contributed by atoms with Crippen LogP contribution < -0.4 is 10.3 Å². The second-order valence-electron chi connectivity index (χ2n) is 6.28. The number of methoxy groups -OCH3 is 1. The van der Waals surface area contributed by atoms with Crippen molar-refractivity contribution in [2.24, 2.45) is 0 Å². The van der Waals surface area contributed by atoms with Gasteiger partial charge in [0.1, 0.15) is 0 Å². The fourth-order valence-electron chi connectivity index (χ4n) is 2.84. The quantitative estimate of drug-likeness (QED) is 0.442. The lowest BCUT2D eigenvalue weighted by atomic mass is 10.2. The van der Waals surface area contributed by atoms with Gasteiger partial charge in [0.15, 0.2) is 11.6 Å². The molecule has 0 saturated heterocycles. The van der Waals surface area contributed by atoms with Gasteiger partial charge >= 0.3 is 0 Å². The number of pyridine rings is 1. The van der Waals surface area contributed by atoms with Gasteiger partial charge in [-0.05, 0) is 48.0 Å². The molecule has 0 saturated carbocycles. The molecule has 2 aromatic carbocycles. The molecule has 0 spiro atoms. The molecule has 8 heteroatoms. The van der Waals surface area contributed by atoms with Crippen LogP contribution in [0.4, 0.5) is 4.39 Å². The lowest BCUT2D eigenvalue weighted by Gasteiger charge is -2.08. The van der Waals surface area contributed by atoms with Crippen molar-refractivity contribution in [1.29, 1.82) is 0 Å². The topological polar surface area (TPSA) is 70.2 Å². The Hall–Kier alpha value is -3.26. The molecule has 0 aliphatic heterocycles. The summed E-state index contributed by atoms with van der Waals surface area (Å²) in [5, 5.41) is 4.01. The Morgan fingerprint density at radius 3 is 2.59 bits per heavy atom. The Kier molecular flexibility index (Phi) is 5.26. The van der Waals surface area contributed by atoms with Crippen molar-refractivity contribution in [1.82, 2.24) is 14.7 Å². The van der Waals surface area contributed by atoms with Gasteiger partial charge in [-0.3, -0.25) is 4.79 Å². The van der Waals surface area contributed by atoms with Gasteiger partial charge in [-0.2, -0.15) is 4.98 Å². The molecule has 2 heterocycles. The molecule has 0 aliphatic carbocycles. The van der Waals surface area contributed by atoms with E-state index in [0.717, 1.165) is 10.0 Å². The molecular weight excluding hydrogens is 441 g/mol. The average molecular weight is 456 g/mol. The molecule has 0 amide bonds. The van der Waals surface area contributed by atoms with Crippen molar-refractivity contribution in [3.8, 4) is 28.6 Å². The highest BCUT2D eigenvalue weighted by Crippen LogP contribution is 2.23. The summed E-state index contributed by atoms with van der Waals surface area (Å²) in [6.45, 7) is 0.196. The first kappa shape index (κ1) is 19.1. The summed E-state index contributed by atoms with van der Waals surface area (Å²) in [4.78, 5) is 16.7. The maximum absolute atomic E-state index is 13.9. The Balaban J connectivity index is 1.63. The molecule has 6 nitrogen and oxygen atoms in total. The fraction of sp³-hybridized carbons (Fsp3) is 0.0952. The van der Waals surface area contributed by atoms with E-state index in [9.17, 15) is 9.18 Å². The van der Waals surface area contributed by atoms with Crippen molar-refractivity contribution in [2.75, 3.05) is 7.11 Å². The number of rotatable bonds is 5. The molecule has 29 heavy (non-hydrogen) atoms. The van der Waals surface area contributed by atoms with Gasteiger partial charge < -0.3 is 13.8 Å². The summed E-state index contributed by atoms with van der Waals surface area (Å²) in [5.74, 6) is 0.409. The van der Waals surface area contributed by atoms with Crippen LogP contribution in [-0.2, 0) is 6.54 Å². The van der Waals surface area contributed by atoms with E-state index in [2.05, 4.69) is 26.1 Å². The van der Waals surface area contributed by atoms with Gasteiger partial charge in [0, 0.05) is 22.3 Å². The van der Waals surface area contributed by atoms with Crippen LogP contribution in [0.25, 0.3) is 22.8 Å². The first-order chi connectivity index (χ1) is 14.0. The van der Waals surface area contributed by atoms with E-state index >= 15 is 0 Å². The lowest BCUT2D eigenvalue weighted by Crippen LogP contribution is -2.19. The zero-order valence-corrected chi connectivity index (χ0v) is 16.9. The Morgan fingerprint density at radius 2 is 1.86 bits per heavy atom. The van der Waals surface area contributed by atoms with Crippen molar-refractivity contribution in [3.05, 3.63) is 87.0 Å². The minimum absolute atomic E-state index is 0.154. The van der Waals surface area contributed by atoms with E-state index in [-0.39, 0.29) is 23.7 Å². The van der Waals surface area contributed by atoms with E-state index in [1.807, 2.05) is 24.3 Å². The molecule has 4 rings (SSSR count). The standard InChI is InChI=1S/C21H15BrFN3O3/c1-28-18-8-2-13(10-17(18)23)11-26-12-15(5-9-19(26)27)21-24-20(25-29-21)14-3-6-16(22)7-4-14/h2-10,12H,11H2,1H3. The predicted octanol–water partition coefficient (Wildman–Crippen LogP) is 4.52. The van der Waals surface area contributed by atoms with Gasteiger partial charge in [0.05, 0.1) is 19.2 Å². The Bertz CT molecular complexity index is 1220. The molecule has 0 atom stereocenters. The Morgan fingerprint density at radius 1 is 1.10 bits per heavy atom. The molecule has 0 bridgehead atoms. The number of nitrogens with zero attached hydrogens (tertiary/aromatic N) is 3. The average Bonchev–Trinajstić information content (AvgIpc) is 3.20. The van der Waals surface area contributed by atoms with Crippen molar-refractivity contribution >= 4 is 15.9 Å². The molecule has 0 aliphatic rings. The van der Waals surface area contributed by atoms with Crippen molar-refractivity contribution in [2.45, 2.75) is 6.54 Å². The summed E-state index contributed by atoms with van der Waals surface area (Å²) in [6, 6.07) is 15.1. The minimum atomic E-state index is -0.481. The van der Waals surface area contributed by atoms with E-state index < -0.39 is 5.82 Å². The number of aromatic nitrogens is 3. The summed E-state index contributed by atoms with van der Waals surface area (Å²) in [6.07, 6.45) is 1.61. The van der Waals surface area contributed by atoms with E-state index in [1.165, 1.54) is 29.9 Å². The number of hydrogen-bond donors (Lipinski definition) is 0. The first-order valence-electron chi connectivity index (χ1n) is 8.66. The molecule has 2 aromatic heterocycles. The van der Waals surface area contributed by atoms with E-state index in [0.29, 0.717) is 17.0 Å². The van der Waals surface area contributed by atoms with Crippen LogP contribution in [0.15, 0.2) is 74.6 Å². The van der Waals surface area contributed by atoms with Crippen molar-refractivity contribution < 1.29 is 13.7 Å². The molecule has 0 unspecified atom stereocenters. The highest BCUT2D eigenvalue weighted by atomic mass is 79.9. The number of benzene rings is 2. The van der Waals surface area contributed by atoms with Crippen LogP contribution in [0, 0.1) is 5.82 Å². The van der Waals surface area contributed by atoms with Crippen LogP contribution in [-0.4, -0.2) is 21.8 Å². The van der Waals surface area contributed by atoms with Crippen LogP contribution in [0.1, 0.15) is 5.56 Å². The van der Waals surface area contributed by atoms with Gasteiger partial charge in [0.25, 0.3) is 11.4 Å². The van der Waals surface area contributed by atoms with Gasteiger partial charge in [-0.25, -0.2) is 4.39 Å². The lowest BCUT2D eigenvalue weighted by molar-refractivity contribution is 0.386. The van der Waals surface area contributed by atoms with Gasteiger partial charge in [0.2, 0.25) is 5.82 Å². The summed E-state index contributed by atoms with van der Waals surface area (Å²) in [7, 11) is 1.40. The summed E-state index contributed by atoms with van der Waals surface area (Å²) < 4.78 is 26.6. The Labute approximate surface area is 173 Å². The van der Waals surface area contributed by atoms with Gasteiger partial charge in [-0.1, -0.05) is 27.2 Å². The summed E-state index contributed by atoms with van der Waals surface area (Å²) in [5.41, 5.74) is 1.81. The van der Waals surface area contributed by atoms with Crippen molar-refractivity contribution in [3.63, 3.8) is 0 Å². The van der Waals surface area contributed by atoms with Crippen LogP contribution in [0.2, 0.25) is 0 Å². The monoisotopic (exact) mass is 455 g/mol. The van der Waals surface area contributed by atoms with E-state index in [4.69, 9.17) is 9.26 Å². The van der Waals surface area contributed by atoms with E-state index in [1.54, 1.807) is 18.3 Å². The smallest absolute Gasteiger partial charge is 0.259 e. The largest absolute Gasteiger partial charge is 0.494 e. The van der Waals surface area contributed by atoms with Crippen LogP contribution in [0.3, 0.4) is 0 Å². The molecule has 0 N–H and O–H groups in total. The third kappa shape index (κ3) is 4.12. The predicted molar refractivity (Wildman–Crippen MR) is 109 cm³/mol. The number of ether oxygens (including phenoxy) is 1. The maximum Gasteiger partial charge on any atom is 0.259 e. The molecular formula is C21H15BrFN3O3. The normalized spacial score (nSPS) is 10.9. The molecule has 0 radical (unpaired) electrons. The van der Waals surface area contributed by atoms with Gasteiger partial charge in [-0.15, -0.1) is 0 Å². The first-order valence-corrected chi connectivity index (χ1v) is 9.46. The van der Waals surface area contributed by atoms with Crippen LogP contribution in [0.5, 0.6) is 5.75 Å². The summed E-state index contributed by atoms with van der Waals surface area (Å²) >= 11 is 3.39. The molecule has 146 valence electrons. The molecule has 4 aromatic rings. The number of halogens is 2. The highest BCUT2D eigenvalue weighted by Gasteiger charge is 2.12. The number of hydrogen-bond acceptors (Lipinski definition) is 5. The maximum atomic E-state index is 13.9. The third-order valence-electron chi connectivity index (χ3n) is 4.33. The zero-order valence-electron chi connectivity index (χ0n) is 15.3. The highest BCUT2D eigenvalue weighted by molar-refractivity contribution is 9.10. The third-order valence-corrected chi connectivity index (χ3v) is 4.86. The van der Waals surface area contributed by atoms with Crippen LogP contribution >= 0.6 is 15.9 Å². The minimum Gasteiger partial charge on any atom is -0.494 e. The second-order valence-corrected chi connectivity index (χ2v) is 7.20. The second kappa shape index (κ2) is 8.00. The fourth-order valence-corrected chi connectivity index (χ4v) is 3.11. The zero-order chi connectivity index (χ0) is 20.4. The SMILES string of the molecule is COc1ccc(Cn2cc(-c3nc(-c4ccc(Br)cc4)no3)ccc2=O)cc1F.